The second kappa shape index (κ2) is 3.74. The Balaban J connectivity index is 2.47. The summed E-state index contributed by atoms with van der Waals surface area (Å²) in [5.74, 6) is 0.480. The Morgan fingerprint density at radius 3 is 2.60 bits per heavy atom. The highest BCUT2D eigenvalue weighted by Crippen LogP contribution is 2.23. The van der Waals surface area contributed by atoms with Crippen LogP contribution in [0.25, 0.3) is 0 Å². The van der Waals surface area contributed by atoms with Crippen LogP contribution in [0.2, 0.25) is 0 Å². The smallest absolute Gasteiger partial charge is 0.0497 e. The van der Waals surface area contributed by atoms with E-state index in [1.54, 1.807) is 0 Å². The minimum atomic E-state index is 0.168. The number of rotatable bonds is 2. The lowest BCUT2D eigenvalue weighted by Gasteiger charge is -2.23. The van der Waals surface area contributed by atoms with E-state index in [9.17, 15) is 0 Å². The molecule has 0 aromatic heterocycles. The summed E-state index contributed by atoms with van der Waals surface area (Å²) in [7, 11) is 0. The van der Waals surface area contributed by atoms with Gasteiger partial charge in [0.25, 0.3) is 0 Å². The molecule has 0 radical (unpaired) electrons. The average molecular weight is 142 g/mol. The minimum Gasteiger partial charge on any atom is -0.396 e. The lowest BCUT2D eigenvalue weighted by Crippen LogP contribution is -2.22. The number of hydrogen-bond donors (Lipinski definition) is 2. The molecular weight excluding hydrogens is 128 g/mol. The van der Waals surface area contributed by atoms with Gasteiger partial charge in [0.05, 0.1) is 0 Å². The monoisotopic (exact) mass is 142 g/mol. The molecule has 0 spiro atoms. The van der Waals surface area contributed by atoms with Crippen LogP contribution in [0.5, 0.6) is 0 Å². The summed E-state index contributed by atoms with van der Waals surface area (Å²) in [6.45, 7) is 0.372. The molecule has 2 N–H and O–H groups in total. The van der Waals surface area contributed by atoms with Crippen LogP contribution in [-0.4, -0.2) is 23.4 Å². The second-order valence-corrected chi connectivity index (χ2v) is 2.79. The van der Waals surface area contributed by atoms with Crippen LogP contribution in [0.15, 0.2) is 12.2 Å². The summed E-state index contributed by atoms with van der Waals surface area (Å²) in [6, 6.07) is 0. The van der Waals surface area contributed by atoms with Crippen molar-refractivity contribution in [1.29, 1.82) is 0 Å². The Morgan fingerprint density at radius 2 is 2.10 bits per heavy atom. The summed E-state index contributed by atoms with van der Waals surface area (Å²) in [5.41, 5.74) is 0. The van der Waals surface area contributed by atoms with E-state index in [4.69, 9.17) is 10.2 Å². The van der Waals surface area contributed by atoms with Crippen LogP contribution in [0.4, 0.5) is 0 Å². The highest BCUT2D eigenvalue weighted by atomic mass is 16.3. The summed E-state index contributed by atoms with van der Waals surface area (Å²) in [5, 5.41) is 17.7. The van der Waals surface area contributed by atoms with Gasteiger partial charge in [0.2, 0.25) is 0 Å². The molecule has 58 valence electrons. The third-order valence-electron chi connectivity index (χ3n) is 2.14. The molecule has 0 aromatic carbocycles. The molecule has 2 heteroatoms. The average Bonchev–Trinajstić information content (AvgIpc) is 2.04. The molecule has 0 amide bonds. The predicted octanol–water partition coefficient (Wildman–Crippen LogP) is 0.553. The molecule has 0 aromatic rings. The zero-order valence-corrected chi connectivity index (χ0v) is 6.03. The third kappa shape index (κ3) is 1.58. The largest absolute Gasteiger partial charge is 0.396 e. The van der Waals surface area contributed by atoms with Crippen LogP contribution in [-0.2, 0) is 0 Å². The van der Waals surface area contributed by atoms with Gasteiger partial charge >= 0.3 is 0 Å². The number of aliphatic hydroxyl groups is 2. The predicted molar refractivity (Wildman–Crippen MR) is 39.5 cm³/mol. The fourth-order valence-electron chi connectivity index (χ4n) is 1.39. The van der Waals surface area contributed by atoms with Gasteiger partial charge in [-0.1, -0.05) is 12.2 Å². The first-order valence-electron chi connectivity index (χ1n) is 3.77. The van der Waals surface area contributed by atoms with Gasteiger partial charge in [0.1, 0.15) is 0 Å². The summed E-state index contributed by atoms with van der Waals surface area (Å²) < 4.78 is 0. The number of hydrogen-bond acceptors (Lipinski definition) is 2. The standard InChI is InChI=1S/C8H14O2/c9-5-7-3-1-2-4-8(7)6-10/h1,3,7-10H,2,4-6H2. The van der Waals surface area contributed by atoms with Crippen molar-refractivity contribution in [2.24, 2.45) is 11.8 Å². The molecule has 2 unspecified atom stereocenters. The van der Waals surface area contributed by atoms with Gasteiger partial charge in [-0.2, -0.15) is 0 Å². The van der Waals surface area contributed by atoms with E-state index in [1.807, 2.05) is 6.08 Å². The lowest BCUT2D eigenvalue weighted by atomic mass is 9.85. The first-order chi connectivity index (χ1) is 4.88. The van der Waals surface area contributed by atoms with E-state index in [0.717, 1.165) is 12.8 Å². The van der Waals surface area contributed by atoms with Crippen LogP contribution in [0, 0.1) is 11.8 Å². The first kappa shape index (κ1) is 7.76. The molecular formula is C8H14O2. The maximum atomic E-state index is 8.85. The van der Waals surface area contributed by atoms with Crippen LogP contribution in [0.1, 0.15) is 12.8 Å². The maximum Gasteiger partial charge on any atom is 0.0497 e. The van der Waals surface area contributed by atoms with Crippen molar-refractivity contribution in [3.63, 3.8) is 0 Å². The number of aliphatic hydroxyl groups excluding tert-OH is 2. The Morgan fingerprint density at radius 1 is 1.30 bits per heavy atom. The molecule has 10 heavy (non-hydrogen) atoms. The van der Waals surface area contributed by atoms with Crippen molar-refractivity contribution < 1.29 is 10.2 Å². The molecule has 0 aliphatic heterocycles. The Kier molecular flexibility index (Phi) is 2.90. The number of allylic oxidation sites excluding steroid dienone is 1. The fraction of sp³-hybridized carbons (Fsp3) is 0.750. The van der Waals surface area contributed by atoms with Crippen LogP contribution in [0.3, 0.4) is 0 Å². The van der Waals surface area contributed by atoms with E-state index in [0.29, 0.717) is 0 Å². The molecule has 1 rings (SSSR count). The van der Waals surface area contributed by atoms with Crippen molar-refractivity contribution in [1.82, 2.24) is 0 Å². The van der Waals surface area contributed by atoms with Gasteiger partial charge in [-0.3, -0.25) is 0 Å². The van der Waals surface area contributed by atoms with Gasteiger partial charge in [-0.15, -0.1) is 0 Å². The van der Waals surface area contributed by atoms with E-state index in [2.05, 4.69) is 6.08 Å². The normalized spacial score (nSPS) is 32.6. The zero-order chi connectivity index (χ0) is 7.40. The molecule has 0 heterocycles. The quantitative estimate of drug-likeness (QED) is 0.553. The molecule has 2 atom stereocenters. The topological polar surface area (TPSA) is 40.5 Å². The van der Waals surface area contributed by atoms with Crippen molar-refractivity contribution >= 4 is 0 Å². The molecule has 0 saturated heterocycles. The molecule has 0 saturated carbocycles. The van der Waals surface area contributed by atoms with Crippen molar-refractivity contribution in [3.8, 4) is 0 Å². The third-order valence-corrected chi connectivity index (χ3v) is 2.14. The molecule has 0 fully saturated rings. The summed E-state index contributed by atoms with van der Waals surface area (Å²) >= 11 is 0. The van der Waals surface area contributed by atoms with E-state index < -0.39 is 0 Å². The van der Waals surface area contributed by atoms with Crippen LogP contribution >= 0.6 is 0 Å². The molecule has 0 bridgehead atoms. The van der Waals surface area contributed by atoms with Gasteiger partial charge < -0.3 is 10.2 Å². The van der Waals surface area contributed by atoms with Crippen molar-refractivity contribution in [2.75, 3.05) is 13.2 Å². The van der Waals surface area contributed by atoms with Crippen molar-refractivity contribution in [3.05, 3.63) is 12.2 Å². The Bertz CT molecular complexity index is 120. The lowest BCUT2D eigenvalue weighted by molar-refractivity contribution is 0.135. The first-order valence-corrected chi connectivity index (χ1v) is 3.77. The Hall–Kier alpha value is -0.340. The molecule has 2 nitrogen and oxygen atoms in total. The zero-order valence-electron chi connectivity index (χ0n) is 6.03. The summed E-state index contributed by atoms with van der Waals surface area (Å²) in [4.78, 5) is 0. The van der Waals surface area contributed by atoms with E-state index in [-0.39, 0.29) is 25.0 Å². The van der Waals surface area contributed by atoms with Gasteiger partial charge in [0.15, 0.2) is 0 Å². The Labute approximate surface area is 61.2 Å². The SMILES string of the molecule is OCC1C=CCCC1CO. The maximum absolute atomic E-state index is 8.85. The van der Waals surface area contributed by atoms with Gasteiger partial charge in [-0.25, -0.2) is 0 Å². The highest BCUT2D eigenvalue weighted by Gasteiger charge is 2.19. The van der Waals surface area contributed by atoms with E-state index in [1.165, 1.54) is 0 Å². The highest BCUT2D eigenvalue weighted by molar-refractivity contribution is 4.96. The second-order valence-electron chi connectivity index (χ2n) is 2.79. The summed E-state index contributed by atoms with van der Waals surface area (Å²) in [6.07, 6.45) is 6.14. The van der Waals surface area contributed by atoms with Crippen molar-refractivity contribution in [2.45, 2.75) is 12.8 Å². The van der Waals surface area contributed by atoms with Gasteiger partial charge in [0, 0.05) is 19.1 Å². The van der Waals surface area contributed by atoms with Gasteiger partial charge in [-0.05, 0) is 18.8 Å². The molecule has 1 aliphatic carbocycles. The van der Waals surface area contributed by atoms with Crippen LogP contribution < -0.4 is 0 Å². The minimum absolute atomic E-state index is 0.168. The molecule has 1 aliphatic rings. The fourth-order valence-corrected chi connectivity index (χ4v) is 1.39. The van der Waals surface area contributed by atoms with E-state index >= 15 is 0 Å².